The minimum atomic E-state index is -4.08. The molecule has 3 aromatic rings. The van der Waals surface area contributed by atoms with Crippen molar-refractivity contribution < 1.29 is 27.5 Å². The van der Waals surface area contributed by atoms with Crippen LogP contribution in [0, 0.1) is 6.92 Å². The second-order valence-corrected chi connectivity index (χ2v) is 9.82. The number of aryl methyl sites for hydroxylation is 1. The van der Waals surface area contributed by atoms with Gasteiger partial charge in [-0.1, -0.05) is 76.1 Å². The quantitative estimate of drug-likeness (QED) is 0.330. The Morgan fingerprint density at radius 3 is 2.09 bits per heavy atom. The number of nitrogens with one attached hydrogen (secondary N) is 1. The van der Waals surface area contributed by atoms with E-state index in [9.17, 15) is 18.0 Å². The van der Waals surface area contributed by atoms with Crippen molar-refractivity contribution in [2.75, 3.05) is 7.11 Å². The minimum absolute atomic E-state index is 0.0131. The number of hydrogen-bond donors (Lipinski definition) is 1. The van der Waals surface area contributed by atoms with Crippen molar-refractivity contribution in [3.05, 3.63) is 100 Å². The van der Waals surface area contributed by atoms with E-state index in [0.29, 0.717) is 5.56 Å². The number of carbonyl (C=O) groups excluding carboxylic acids is 2. The van der Waals surface area contributed by atoms with Crippen LogP contribution in [0.4, 0.5) is 4.79 Å². The maximum absolute atomic E-state index is 13.4. The van der Waals surface area contributed by atoms with Gasteiger partial charge in [-0.25, -0.2) is 13.2 Å². The maximum atomic E-state index is 13.4. The molecule has 9 heteroatoms. The van der Waals surface area contributed by atoms with Gasteiger partial charge in [0.25, 0.3) is 0 Å². The summed E-state index contributed by atoms with van der Waals surface area (Å²) >= 11 is 3.34. The monoisotopic (exact) mass is 531 g/mol. The molecule has 0 aromatic heterocycles. The first kappa shape index (κ1) is 24.6. The molecule has 1 N–H and O–H groups in total. The van der Waals surface area contributed by atoms with Crippen LogP contribution in [0.25, 0.3) is 0 Å². The SMILES string of the molecule is COC(=O)O[C@H](C(=O)c1ccccc1)[C@@H](NS(=O)(=O)c1ccc(C)cc1)c1ccc(Br)cc1. The molecule has 33 heavy (non-hydrogen) atoms. The molecule has 0 amide bonds. The normalized spacial score (nSPS) is 13.1. The van der Waals surface area contributed by atoms with Crippen LogP contribution in [-0.2, 0) is 19.5 Å². The fraction of sp³-hybridized carbons (Fsp3) is 0.167. The van der Waals surface area contributed by atoms with Gasteiger partial charge in [-0.3, -0.25) is 4.79 Å². The molecule has 172 valence electrons. The molecule has 3 aromatic carbocycles. The number of carbonyl (C=O) groups is 2. The van der Waals surface area contributed by atoms with E-state index in [1.54, 1.807) is 66.7 Å². The fourth-order valence-electron chi connectivity index (χ4n) is 3.12. The second kappa shape index (κ2) is 10.7. The van der Waals surface area contributed by atoms with E-state index in [1.165, 1.54) is 12.1 Å². The number of sulfonamides is 1. The summed E-state index contributed by atoms with van der Waals surface area (Å²) < 4.78 is 39.6. The van der Waals surface area contributed by atoms with E-state index in [4.69, 9.17) is 4.74 Å². The molecule has 0 fully saturated rings. The number of halogens is 1. The van der Waals surface area contributed by atoms with Crippen molar-refractivity contribution in [2.45, 2.75) is 24.0 Å². The van der Waals surface area contributed by atoms with Crippen molar-refractivity contribution in [1.82, 2.24) is 4.72 Å². The number of benzene rings is 3. The average molecular weight is 532 g/mol. The Morgan fingerprint density at radius 1 is 0.909 bits per heavy atom. The Bertz CT molecular complexity index is 1210. The first-order chi connectivity index (χ1) is 15.7. The predicted molar refractivity (Wildman–Crippen MR) is 126 cm³/mol. The number of hydrogen-bond acceptors (Lipinski definition) is 6. The highest BCUT2D eigenvalue weighted by Gasteiger charge is 2.37. The summed E-state index contributed by atoms with van der Waals surface area (Å²) in [4.78, 5) is 25.4. The molecule has 3 rings (SSSR count). The molecule has 0 radical (unpaired) electrons. The molecular formula is C24H22BrNO6S. The lowest BCUT2D eigenvalue weighted by atomic mass is 9.95. The molecule has 7 nitrogen and oxygen atoms in total. The zero-order valence-electron chi connectivity index (χ0n) is 17.9. The van der Waals surface area contributed by atoms with Gasteiger partial charge in [-0.2, -0.15) is 4.72 Å². The van der Waals surface area contributed by atoms with E-state index >= 15 is 0 Å². The largest absolute Gasteiger partial charge is 0.508 e. The van der Waals surface area contributed by atoms with Crippen molar-refractivity contribution >= 4 is 37.9 Å². The second-order valence-electron chi connectivity index (χ2n) is 7.19. The van der Waals surface area contributed by atoms with Crippen LogP contribution in [0.2, 0.25) is 0 Å². The predicted octanol–water partition coefficient (Wildman–Crippen LogP) is 4.81. The summed E-state index contributed by atoms with van der Waals surface area (Å²) in [6.45, 7) is 1.84. The Kier molecular flexibility index (Phi) is 8.01. The molecule has 2 atom stereocenters. The van der Waals surface area contributed by atoms with Crippen LogP contribution in [0.1, 0.15) is 27.5 Å². The van der Waals surface area contributed by atoms with Crippen molar-refractivity contribution in [2.24, 2.45) is 0 Å². The zero-order valence-corrected chi connectivity index (χ0v) is 20.3. The van der Waals surface area contributed by atoms with Gasteiger partial charge in [0.1, 0.15) is 0 Å². The Morgan fingerprint density at radius 2 is 1.52 bits per heavy atom. The van der Waals surface area contributed by atoms with Crippen molar-refractivity contribution in [3.8, 4) is 0 Å². The fourth-order valence-corrected chi connectivity index (χ4v) is 4.61. The van der Waals surface area contributed by atoms with Gasteiger partial charge in [-0.05, 0) is 36.8 Å². The van der Waals surface area contributed by atoms with Crippen LogP contribution in [-0.4, -0.2) is 33.6 Å². The maximum Gasteiger partial charge on any atom is 0.508 e. The minimum Gasteiger partial charge on any atom is -0.438 e. The van der Waals surface area contributed by atoms with E-state index in [0.717, 1.165) is 17.1 Å². The van der Waals surface area contributed by atoms with Crippen LogP contribution in [0.15, 0.2) is 88.2 Å². The van der Waals surface area contributed by atoms with Gasteiger partial charge in [-0.15, -0.1) is 0 Å². The molecule has 0 aliphatic heterocycles. The topological polar surface area (TPSA) is 98.8 Å². The summed E-state index contributed by atoms with van der Waals surface area (Å²) in [5.41, 5.74) is 1.57. The third-order valence-electron chi connectivity index (χ3n) is 4.85. The van der Waals surface area contributed by atoms with Crippen molar-refractivity contribution in [3.63, 3.8) is 0 Å². The van der Waals surface area contributed by atoms with Gasteiger partial charge in [0.05, 0.1) is 18.0 Å². The highest BCUT2D eigenvalue weighted by molar-refractivity contribution is 9.10. The number of methoxy groups -OCH3 is 1. The molecule has 0 bridgehead atoms. The van der Waals surface area contributed by atoms with Gasteiger partial charge >= 0.3 is 6.16 Å². The Hall–Kier alpha value is -3.01. The average Bonchev–Trinajstić information content (AvgIpc) is 2.82. The van der Waals surface area contributed by atoms with E-state index in [-0.39, 0.29) is 10.5 Å². The lowest BCUT2D eigenvalue weighted by Crippen LogP contribution is -2.43. The Balaban J connectivity index is 2.09. The third-order valence-corrected chi connectivity index (χ3v) is 6.84. The number of rotatable bonds is 8. The van der Waals surface area contributed by atoms with Gasteiger partial charge in [0, 0.05) is 10.0 Å². The number of Topliss-reactive ketones (excluding diaryl/α,β-unsaturated/α-hetero) is 1. The molecule has 0 heterocycles. The van der Waals surface area contributed by atoms with Gasteiger partial charge < -0.3 is 9.47 Å². The molecular weight excluding hydrogens is 510 g/mol. The van der Waals surface area contributed by atoms with E-state index in [2.05, 4.69) is 25.4 Å². The molecule has 0 aliphatic rings. The molecule has 0 saturated heterocycles. The van der Waals surface area contributed by atoms with Crippen LogP contribution < -0.4 is 4.72 Å². The van der Waals surface area contributed by atoms with E-state index in [1.807, 2.05) is 6.92 Å². The first-order valence-electron chi connectivity index (χ1n) is 9.89. The van der Waals surface area contributed by atoms with Crippen molar-refractivity contribution in [1.29, 1.82) is 0 Å². The number of ketones is 1. The summed E-state index contributed by atoms with van der Waals surface area (Å²) in [5.74, 6) is -0.583. The lowest BCUT2D eigenvalue weighted by molar-refractivity contribution is 0.0237. The highest BCUT2D eigenvalue weighted by Crippen LogP contribution is 2.27. The van der Waals surface area contributed by atoms with Crippen LogP contribution >= 0.6 is 15.9 Å². The first-order valence-corrected chi connectivity index (χ1v) is 12.2. The smallest absolute Gasteiger partial charge is 0.438 e. The molecule has 0 aliphatic carbocycles. The van der Waals surface area contributed by atoms with Gasteiger partial charge in [0.15, 0.2) is 6.10 Å². The highest BCUT2D eigenvalue weighted by atomic mass is 79.9. The Labute approximate surface area is 200 Å². The van der Waals surface area contributed by atoms with Crippen LogP contribution in [0.3, 0.4) is 0 Å². The summed E-state index contributed by atoms with van der Waals surface area (Å²) in [5, 5.41) is 0. The molecule has 0 unspecified atom stereocenters. The third kappa shape index (κ3) is 6.28. The van der Waals surface area contributed by atoms with Gasteiger partial charge in [0.2, 0.25) is 15.8 Å². The zero-order chi connectivity index (χ0) is 24.0. The van der Waals surface area contributed by atoms with E-state index < -0.39 is 34.1 Å². The number of ether oxygens (including phenoxy) is 2. The summed E-state index contributed by atoms with van der Waals surface area (Å²) in [7, 11) is -2.98. The summed E-state index contributed by atoms with van der Waals surface area (Å²) in [6.07, 6.45) is -2.64. The summed E-state index contributed by atoms with van der Waals surface area (Å²) in [6, 6.07) is 19.9. The molecule has 0 saturated carbocycles. The molecule has 0 spiro atoms. The standard InChI is InChI=1S/C24H22BrNO6S/c1-16-8-14-20(15-9-16)33(29,30)26-21(17-10-12-19(25)13-11-17)23(32-24(28)31-2)22(27)18-6-4-3-5-7-18/h3-15,21,23,26H,1-2H3/t21-,23-/m0/s1. The van der Waals surface area contributed by atoms with Crippen LogP contribution in [0.5, 0.6) is 0 Å². The lowest BCUT2D eigenvalue weighted by Gasteiger charge is -2.27.